The van der Waals surface area contributed by atoms with E-state index in [1.807, 2.05) is 4.90 Å². The molecule has 6 nitrogen and oxygen atoms in total. The van der Waals surface area contributed by atoms with Crippen LogP contribution in [0.1, 0.15) is 43.0 Å². The molecule has 4 rings (SSSR count). The molecule has 0 bridgehead atoms. The topological polar surface area (TPSA) is 71.9 Å². The standard InChI is InChI=1S/C28H30F4N2O4/c1-37-21-2-3-25-23(15-21)26(18(16-29)17-33-25)24(32)4-5-28(27(35)36)6-8-34(9-7-28)10-11-38-22-13-19(30)12-20(31)14-22/h2-3,12-15,17,24H,4-11,16H2,1H3,(H,35,36). The Labute approximate surface area is 218 Å². The summed E-state index contributed by atoms with van der Waals surface area (Å²) in [6.07, 6.45) is 0.379. The Bertz CT molecular complexity index is 1260. The van der Waals surface area contributed by atoms with Gasteiger partial charge in [0.05, 0.1) is 18.0 Å². The molecule has 38 heavy (non-hydrogen) atoms. The van der Waals surface area contributed by atoms with Gasteiger partial charge in [-0.2, -0.15) is 0 Å². The Morgan fingerprint density at radius 3 is 2.47 bits per heavy atom. The van der Waals surface area contributed by atoms with Crippen molar-refractivity contribution in [1.82, 2.24) is 9.88 Å². The number of aromatic nitrogens is 1. The Morgan fingerprint density at radius 2 is 1.84 bits per heavy atom. The minimum Gasteiger partial charge on any atom is -0.497 e. The highest BCUT2D eigenvalue weighted by atomic mass is 19.1. The number of fused-ring (bicyclic) bond motifs is 1. The fraction of sp³-hybridized carbons (Fsp3) is 0.429. The summed E-state index contributed by atoms with van der Waals surface area (Å²) in [4.78, 5) is 18.5. The highest BCUT2D eigenvalue weighted by molar-refractivity contribution is 5.85. The molecule has 1 fully saturated rings. The third-order valence-electron chi connectivity index (χ3n) is 7.31. The van der Waals surface area contributed by atoms with E-state index in [9.17, 15) is 23.1 Å². The summed E-state index contributed by atoms with van der Waals surface area (Å²) in [6, 6.07) is 7.94. The first-order valence-electron chi connectivity index (χ1n) is 12.4. The monoisotopic (exact) mass is 534 g/mol. The Hall–Kier alpha value is -3.40. The fourth-order valence-corrected chi connectivity index (χ4v) is 5.06. The molecule has 3 aromatic rings. The van der Waals surface area contributed by atoms with Gasteiger partial charge in [0.15, 0.2) is 0 Å². The molecule has 204 valence electrons. The molecular formula is C28H30F4N2O4. The highest BCUT2D eigenvalue weighted by Gasteiger charge is 2.41. The minimum atomic E-state index is -1.58. The maximum atomic E-state index is 15.7. The van der Waals surface area contributed by atoms with Gasteiger partial charge in [0, 0.05) is 47.5 Å². The summed E-state index contributed by atoms with van der Waals surface area (Å²) < 4.78 is 66.8. The second kappa shape index (κ2) is 12.0. The van der Waals surface area contributed by atoms with Crippen LogP contribution in [-0.4, -0.2) is 54.3 Å². The Kier molecular flexibility index (Phi) is 8.71. The van der Waals surface area contributed by atoms with Gasteiger partial charge in [-0.3, -0.25) is 14.7 Å². The number of nitrogens with zero attached hydrogens (tertiary/aromatic N) is 2. The van der Waals surface area contributed by atoms with Crippen molar-refractivity contribution in [2.45, 2.75) is 38.5 Å². The van der Waals surface area contributed by atoms with E-state index < -0.39 is 35.9 Å². The molecule has 1 aliphatic rings. The zero-order chi connectivity index (χ0) is 27.3. The van der Waals surface area contributed by atoms with Crippen molar-refractivity contribution in [3.63, 3.8) is 0 Å². The number of piperidine rings is 1. The number of hydrogen-bond acceptors (Lipinski definition) is 5. The van der Waals surface area contributed by atoms with E-state index >= 15 is 4.39 Å². The van der Waals surface area contributed by atoms with Crippen LogP contribution in [-0.2, 0) is 11.5 Å². The van der Waals surface area contributed by atoms with Crippen molar-refractivity contribution < 1.29 is 36.9 Å². The lowest BCUT2D eigenvalue weighted by Crippen LogP contribution is -2.45. The highest BCUT2D eigenvalue weighted by Crippen LogP contribution is 2.41. The number of benzene rings is 2. The van der Waals surface area contributed by atoms with E-state index in [1.54, 1.807) is 18.2 Å². The molecule has 1 saturated heterocycles. The number of alkyl halides is 2. The molecule has 1 unspecified atom stereocenters. The molecule has 0 saturated carbocycles. The van der Waals surface area contributed by atoms with Gasteiger partial charge in [0.1, 0.15) is 42.6 Å². The molecule has 2 heterocycles. The van der Waals surface area contributed by atoms with Crippen LogP contribution in [0.5, 0.6) is 11.5 Å². The fourth-order valence-electron chi connectivity index (χ4n) is 5.06. The van der Waals surface area contributed by atoms with E-state index in [0.29, 0.717) is 49.1 Å². The van der Waals surface area contributed by atoms with E-state index in [4.69, 9.17) is 9.47 Å². The van der Waals surface area contributed by atoms with Crippen molar-refractivity contribution in [2.24, 2.45) is 5.41 Å². The second-order valence-corrected chi connectivity index (χ2v) is 9.60. The van der Waals surface area contributed by atoms with E-state index in [-0.39, 0.29) is 36.3 Å². The quantitative estimate of drug-likeness (QED) is 0.303. The van der Waals surface area contributed by atoms with Crippen LogP contribution in [0.4, 0.5) is 17.6 Å². The molecule has 10 heteroatoms. The number of halogens is 4. The zero-order valence-corrected chi connectivity index (χ0v) is 21.1. The van der Waals surface area contributed by atoms with Gasteiger partial charge in [-0.1, -0.05) is 0 Å². The Balaban J connectivity index is 1.39. The van der Waals surface area contributed by atoms with Crippen molar-refractivity contribution in [3.05, 3.63) is 65.4 Å². The lowest BCUT2D eigenvalue weighted by Gasteiger charge is -2.39. The molecule has 0 amide bonds. The number of hydrogen-bond donors (Lipinski definition) is 1. The molecule has 1 aromatic heterocycles. The maximum Gasteiger partial charge on any atom is 0.309 e. The molecule has 1 atom stereocenters. The number of carboxylic acid groups (broad SMARTS) is 1. The number of methoxy groups -OCH3 is 1. The zero-order valence-electron chi connectivity index (χ0n) is 21.1. The largest absolute Gasteiger partial charge is 0.497 e. The number of carboxylic acids is 1. The van der Waals surface area contributed by atoms with Crippen molar-refractivity contribution in [2.75, 3.05) is 33.4 Å². The molecule has 0 aliphatic carbocycles. The normalized spacial score (nSPS) is 16.3. The average molecular weight is 535 g/mol. The molecular weight excluding hydrogens is 504 g/mol. The van der Waals surface area contributed by atoms with Gasteiger partial charge in [0.2, 0.25) is 0 Å². The molecule has 1 N–H and O–H groups in total. The summed E-state index contributed by atoms with van der Waals surface area (Å²) in [5, 5.41) is 10.5. The summed E-state index contributed by atoms with van der Waals surface area (Å²) in [5.74, 6) is -1.87. The predicted molar refractivity (Wildman–Crippen MR) is 134 cm³/mol. The molecule has 0 radical (unpaired) electrons. The van der Waals surface area contributed by atoms with Crippen molar-refractivity contribution >= 4 is 16.9 Å². The van der Waals surface area contributed by atoms with Crippen LogP contribution < -0.4 is 9.47 Å². The van der Waals surface area contributed by atoms with Crippen molar-refractivity contribution in [3.8, 4) is 11.5 Å². The van der Waals surface area contributed by atoms with Crippen LogP contribution in [0, 0.1) is 17.0 Å². The minimum absolute atomic E-state index is 0.0795. The van der Waals surface area contributed by atoms with Gasteiger partial charge in [-0.25, -0.2) is 17.6 Å². The third kappa shape index (κ3) is 6.18. The van der Waals surface area contributed by atoms with Crippen LogP contribution in [0.15, 0.2) is 42.6 Å². The number of ether oxygens (including phenoxy) is 2. The molecule has 2 aromatic carbocycles. The number of carbonyl (C=O) groups is 1. The summed E-state index contributed by atoms with van der Waals surface area (Å²) >= 11 is 0. The number of aliphatic carboxylic acids is 1. The second-order valence-electron chi connectivity index (χ2n) is 9.60. The first-order valence-corrected chi connectivity index (χ1v) is 12.4. The van der Waals surface area contributed by atoms with E-state index in [2.05, 4.69) is 4.98 Å². The number of likely N-dealkylation sites (tertiary alicyclic amines) is 1. The lowest BCUT2D eigenvalue weighted by atomic mass is 9.74. The van der Waals surface area contributed by atoms with Crippen LogP contribution in [0.3, 0.4) is 0 Å². The van der Waals surface area contributed by atoms with E-state index in [1.165, 1.54) is 13.3 Å². The maximum absolute atomic E-state index is 15.7. The van der Waals surface area contributed by atoms with Gasteiger partial charge in [-0.15, -0.1) is 0 Å². The van der Waals surface area contributed by atoms with Gasteiger partial charge < -0.3 is 14.6 Å². The number of rotatable bonds is 11. The average Bonchev–Trinajstić information content (AvgIpc) is 2.90. The summed E-state index contributed by atoms with van der Waals surface area (Å²) in [7, 11) is 1.48. The van der Waals surface area contributed by atoms with Gasteiger partial charge in [-0.05, 0) is 57.0 Å². The predicted octanol–water partition coefficient (Wildman–Crippen LogP) is 6.03. The first-order chi connectivity index (χ1) is 18.2. The van der Waals surface area contributed by atoms with Crippen LogP contribution >= 0.6 is 0 Å². The number of pyridine rings is 1. The lowest BCUT2D eigenvalue weighted by molar-refractivity contribution is -0.153. The SMILES string of the molecule is COc1ccc2ncc(CF)c(C(F)CCC3(C(=O)O)CCN(CCOc4cc(F)cc(F)c4)CC3)c2c1. The Morgan fingerprint density at radius 1 is 1.13 bits per heavy atom. The van der Waals surface area contributed by atoms with Crippen LogP contribution in [0.2, 0.25) is 0 Å². The first kappa shape index (κ1) is 27.6. The molecule has 1 aliphatic heterocycles. The van der Waals surface area contributed by atoms with Gasteiger partial charge >= 0.3 is 5.97 Å². The van der Waals surface area contributed by atoms with Gasteiger partial charge in [0.25, 0.3) is 0 Å². The van der Waals surface area contributed by atoms with E-state index in [0.717, 1.165) is 18.2 Å². The van der Waals surface area contributed by atoms with Crippen LogP contribution in [0.25, 0.3) is 10.9 Å². The third-order valence-corrected chi connectivity index (χ3v) is 7.31. The smallest absolute Gasteiger partial charge is 0.309 e. The molecule has 0 spiro atoms. The summed E-state index contributed by atoms with van der Waals surface area (Å²) in [5.41, 5.74) is -0.287. The van der Waals surface area contributed by atoms with Crippen molar-refractivity contribution in [1.29, 1.82) is 0 Å². The summed E-state index contributed by atoms with van der Waals surface area (Å²) in [6.45, 7) is 0.647.